The van der Waals surface area contributed by atoms with Gasteiger partial charge in [-0.1, -0.05) is 6.07 Å². The number of likely N-dealkylation sites (N-methyl/N-ethyl adjacent to an activating group) is 1. The molecule has 2 saturated heterocycles. The van der Waals surface area contributed by atoms with Crippen LogP contribution >= 0.6 is 0 Å². The van der Waals surface area contributed by atoms with Crippen molar-refractivity contribution in [2.45, 2.75) is 38.9 Å². The van der Waals surface area contributed by atoms with Gasteiger partial charge in [-0.2, -0.15) is 13.2 Å². The van der Waals surface area contributed by atoms with E-state index < -0.39 is 30.6 Å². The van der Waals surface area contributed by atoms with E-state index in [-0.39, 0.29) is 19.0 Å². The summed E-state index contributed by atoms with van der Waals surface area (Å²) in [5.41, 5.74) is 3.21. The zero-order valence-corrected chi connectivity index (χ0v) is 22.4. The van der Waals surface area contributed by atoms with Gasteiger partial charge in [0.1, 0.15) is 17.7 Å². The molecule has 0 bridgehead atoms. The maximum atomic E-state index is 12.8. The van der Waals surface area contributed by atoms with Gasteiger partial charge in [0.05, 0.1) is 13.2 Å². The highest BCUT2D eigenvalue weighted by atomic mass is 19.4. The first kappa shape index (κ1) is 28.5. The Balaban J connectivity index is 1.57. The fourth-order valence-corrected chi connectivity index (χ4v) is 4.93. The van der Waals surface area contributed by atoms with Gasteiger partial charge < -0.3 is 30.5 Å². The molecule has 39 heavy (non-hydrogen) atoms. The lowest BCUT2D eigenvalue weighted by atomic mass is 10.00. The minimum Gasteiger partial charge on any atom is -0.378 e. The second-order valence-electron chi connectivity index (χ2n) is 10.1. The third-order valence-corrected chi connectivity index (χ3v) is 7.04. The first-order valence-electron chi connectivity index (χ1n) is 13.1. The minimum absolute atomic E-state index is 0.0792. The van der Waals surface area contributed by atoms with E-state index in [1.54, 1.807) is 20.0 Å². The Morgan fingerprint density at radius 2 is 1.90 bits per heavy atom. The lowest BCUT2D eigenvalue weighted by Crippen LogP contribution is -2.37. The zero-order valence-electron chi connectivity index (χ0n) is 22.4. The summed E-state index contributed by atoms with van der Waals surface area (Å²) in [5.74, 6) is 0.522. The standard InChI is InChI=1S/C27H35F3N6O3/c1-17-4-5-21(33-26(38)36-7-6-19(16-36)15-27(28,29)30)14-22(17)20-12-23(32-18(2)25(37)31-3)34-24(13-20)35-8-10-39-11-9-35/h4-5,12-14,18-19H,6-11,15-16H2,1-3H3,(H,31,37)(H,32,34)(H,33,38)/t18-,19+/m1/s1. The molecule has 2 aromatic rings. The van der Waals surface area contributed by atoms with Crippen molar-refractivity contribution in [2.75, 3.05) is 62.0 Å². The maximum absolute atomic E-state index is 12.8. The van der Waals surface area contributed by atoms with Crippen molar-refractivity contribution in [2.24, 2.45) is 5.92 Å². The van der Waals surface area contributed by atoms with Gasteiger partial charge in [-0.05, 0) is 67.1 Å². The third kappa shape index (κ3) is 7.53. The Morgan fingerprint density at radius 3 is 2.59 bits per heavy atom. The Labute approximate surface area is 226 Å². The molecular formula is C27H35F3N6O3. The van der Waals surface area contributed by atoms with Gasteiger partial charge in [-0.15, -0.1) is 0 Å². The van der Waals surface area contributed by atoms with Crippen molar-refractivity contribution < 1.29 is 27.5 Å². The highest BCUT2D eigenvalue weighted by Gasteiger charge is 2.36. The van der Waals surface area contributed by atoms with E-state index >= 15 is 0 Å². The normalized spacial score (nSPS) is 18.6. The molecule has 4 rings (SSSR count). The Bertz CT molecular complexity index is 1190. The molecule has 2 fully saturated rings. The van der Waals surface area contributed by atoms with Crippen LogP contribution in [0.3, 0.4) is 0 Å². The first-order chi connectivity index (χ1) is 18.5. The number of carbonyl (C=O) groups is 2. The first-order valence-corrected chi connectivity index (χ1v) is 13.1. The summed E-state index contributed by atoms with van der Waals surface area (Å²) in [6.07, 6.45) is -4.79. The molecule has 3 heterocycles. The summed E-state index contributed by atoms with van der Waals surface area (Å²) >= 11 is 0. The van der Waals surface area contributed by atoms with Crippen LogP contribution in [-0.4, -0.2) is 80.5 Å². The monoisotopic (exact) mass is 548 g/mol. The summed E-state index contributed by atoms with van der Waals surface area (Å²) in [5, 5.41) is 8.64. The summed E-state index contributed by atoms with van der Waals surface area (Å²) in [4.78, 5) is 33.3. The number of nitrogens with zero attached hydrogens (tertiary/aromatic N) is 3. The fraction of sp³-hybridized carbons (Fsp3) is 0.519. The molecule has 2 atom stereocenters. The minimum atomic E-state index is -4.24. The van der Waals surface area contributed by atoms with Crippen molar-refractivity contribution >= 4 is 29.3 Å². The maximum Gasteiger partial charge on any atom is 0.389 e. The predicted octanol–water partition coefficient (Wildman–Crippen LogP) is 4.25. The number of pyridine rings is 1. The van der Waals surface area contributed by atoms with Gasteiger partial charge in [0.2, 0.25) is 5.91 Å². The summed E-state index contributed by atoms with van der Waals surface area (Å²) in [6.45, 7) is 6.61. The number of anilines is 3. The van der Waals surface area contributed by atoms with Crippen molar-refractivity contribution in [3.63, 3.8) is 0 Å². The molecule has 1 aromatic heterocycles. The van der Waals surface area contributed by atoms with Crippen molar-refractivity contribution in [1.29, 1.82) is 0 Å². The summed E-state index contributed by atoms with van der Waals surface area (Å²) < 4.78 is 43.8. The number of urea groups is 1. The van der Waals surface area contributed by atoms with Crippen LogP contribution in [0.5, 0.6) is 0 Å². The number of ether oxygens (including phenoxy) is 1. The van der Waals surface area contributed by atoms with Gasteiger partial charge in [0.25, 0.3) is 0 Å². The molecule has 0 saturated carbocycles. The average Bonchev–Trinajstić information content (AvgIpc) is 3.36. The number of aryl methyl sites for hydroxylation is 1. The highest BCUT2D eigenvalue weighted by molar-refractivity contribution is 5.91. The largest absolute Gasteiger partial charge is 0.389 e. The number of amides is 3. The number of alkyl halides is 3. The number of nitrogens with one attached hydrogen (secondary N) is 3. The Morgan fingerprint density at radius 1 is 1.15 bits per heavy atom. The highest BCUT2D eigenvalue weighted by Crippen LogP contribution is 2.33. The molecule has 3 N–H and O–H groups in total. The van der Waals surface area contributed by atoms with Gasteiger partial charge in [0, 0.05) is 45.3 Å². The quantitative estimate of drug-likeness (QED) is 0.479. The third-order valence-electron chi connectivity index (χ3n) is 7.04. The molecule has 0 unspecified atom stereocenters. The Kier molecular flexibility index (Phi) is 8.83. The average molecular weight is 549 g/mol. The summed E-state index contributed by atoms with van der Waals surface area (Å²) in [6, 6.07) is 8.41. The number of morpholine rings is 1. The van der Waals surface area contributed by atoms with Crippen LogP contribution in [0.4, 0.5) is 35.3 Å². The molecule has 12 heteroatoms. The molecule has 0 spiro atoms. The number of aromatic nitrogens is 1. The fourth-order valence-electron chi connectivity index (χ4n) is 4.93. The smallest absolute Gasteiger partial charge is 0.378 e. The van der Waals surface area contributed by atoms with Crippen molar-refractivity contribution in [1.82, 2.24) is 15.2 Å². The number of likely N-dealkylation sites (tertiary alicyclic amines) is 1. The molecule has 2 aliphatic rings. The van der Waals surface area contributed by atoms with Crippen LogP contribution in [0.1, 0.15) is 25.3 Å². The van der Waals surface area contributed by atoms with Crippen molar-refractivity contribution in [3.05, 3.63) is 35.9 Å². The molecule has 2 aliphatic heterocycles. The molecule has 0 aliphatic carbocycles. The van der Waals surface area contributed by atoms with Crippen LogP contribution in [0.2, 0.25) is 0 Å². The van der Waals surface area contributed by atoms with Crippen molar-refractivity contribution in [3.8, 4) is 11.1 Å². The predicted molar refractivity (Wildman–Crippen MR) is 144 cm³/mol. The van der Waals surface area contributed by atoms with Gasteiger partial charge in [-0.25, -0.2) is 9.78 Å². The molecule has 212 valence electrons. The molecule has 9 nitrogen and oxygen atoms in total. The summed E-state index contributed by atoms with van der Waals surface area (Å²) in [7, 11) is 1.57. The molecule has 0 radical (unpaired) electrons. The van der Waals surface area contributed by atoms with Crippen LogP contribution < -0.4 is 20.9 Å². The lowest BCUT2D eigenvalue weighted by Gasteiger charge is -2.29. The van der Waals surface area contributed by atoms with E-state index in [1.807, 2.05) is 31.2 Å². The lowest BCUT2D eigenvalue weighted by molar-refractivity contribution is -0.143. The van der Waals surface area contributed by atoms with Crippen LogP contribution in [0, 0.1) is 12.8 Å². The molecule has 1 aromatic carbocycles. The number of halogens is 3. The topological polar surface area (TPSA) is 98.8 Å². The SMILES string of the molecule is CNC(=O)[C@@H](C)Nc1cc(-c2cc(NC(=O)N3CC[C@@H](CC(F)(F)F)C3)ccc2C)cc(N2CCOCC2)n1. The number of benzene rings is 1. The number of carbonyl (C=O) groups excluding carboxylic acids is 2. The number of rotatable bonds is 7. The second kappa shape index (κ2) is 12.1. The van der Waals surface area contributed by atoms with Crippen LogP contribution in [-0.2, 0) is 9.53 Å². The van der Waals surface area contributed by atoms with E-state index in [0.717, 1.165) is 22.5 Å². The van der Waals surface area contributed by atoms with Gasteiger partial charge in [0.15, 0.2) is 0 Å². The van der Waals surface area contributed by atoms with Crippen LogP contribution in [0.25, 0.3) is 11.1 Å². The van der Waals surface area contributed by atoms with Gasteiger partial charge in [-0.3, -0.25) is 4.79 Å². The molecule has 3 amide bonds. The van der Waals surface area contributed by atoms with Gasteiger partial charge >= 0.3 is 12.2 Å². The zero-order chi connectivity index (χ0) is 28.2. The van der Waals surface area contributed by atoms with E-state index in [0.29, 0.717) is 44.2 Å². The Hall–Kier alpha value is -3.54. The second-order valence-corrected chi connectivity index (χ2v) is 10.1. The van der Waals surface area contributed by atoms with E-state index in [9.17, 15) is 22.8 Å². The molecular weight excluding hydrogens is 513 g/mol. The van der Waals surface area contributed by atoms with E-state index in [2.05, 4.69) is 20.9 Å². The van der Waals surface area contributed by atoms with Crippen LogP contribution in [0.15, 0.2) is 30.3 Å². The van der Waals surface area contributed by atoms with E-state index in [4.69, 9.17) is 9.72 Å². The van der Waals surface area contributed by atoms with E-state index in [1.165, 1.54) is 4.90 Å². The number of hydrogen-bond acceptors (Lipinski definition) is 6. The number of hydrogen-bond donors (Lipinski definition) is 3.